The van der Waals surface area contributed by atoms with Crippen LogP contribution < -0.4 is 23.2 Å². The van der Waals surface area contributed by atoms with E-state index in [1.807, 2.05) is 0 Å². The molecule has 10 N–H and O–H groups in total. The van der Waals surface area contributed by atoms with Gasteiger partial charge in [-0.15, -0.1) is 0 Å². The van der Waals surface area contributed by atoms with Crippen LogP contribution in [0.25, 0.3) is 16.9 Å². The zero-order valence-electron chi connectivity index (χ0n) is 21.8. The van der Waals surface area contributed by atoms with E-state index < -0.39 is 34.9 Å². The molecule has 0 saturated heterocycles. The third kappa shape index (κ3) is 8.05. The molecule has 14 nitrogen and oxygen atoms in total. The summed E-state index contributed by atoms with van der Waals surface area (Å²) in [5.74, 6) is -2.99. The van der Waals surface area contributed by atoms with Crippen molar-refractivity contribution < 1.29 is 50.8 Å². The van der Waals surface area contributed by atoms with Crippen LogP contribution in [-0.2, 0) is 37.7 Å². The Kier molecular flexibility index (Phi) is 14.1. The molecule has 1 fully saturated rings. The average molecular weight is 761 g/mol. The molecule has 2 heterocycles. The van der Waals surface area contributed by atoms with Crippen LogP contribution in [0.1, 0.15) is 36.5 Å². The molecule has 0 bridgehead atoms. The summed E-state index contributed by atoms with van der Waals surface area (Å²) in [5.41, 5.74) is -0.553. The first-order chi connectivity index (χ1) is 17.5. The minimum Gasteiger partial charge on any atom is -0.480 e. The number of halogens is 1. The number of aliphatic carboxylic acids is 2. The van der Waals surface area contributed by atoms with Gasteiger partial charge in [0.1, 0.15) is 11.3 Å². The van der Waals surface area contributed by atoms with Gasteiger partial charge in [0.05, 0.1) is 24.7 Å². The second-order valence-electron chi connectivity index (χ2n) is 8.64. The van der Waals surface area contributed by atoms with E-state index in [2.05, 4.69) is 15.5 Å². The molecular weight excluding hydrogens is 729 g/mol. The molecule has 16 heteroatoms. The van der Waals surface area contributed by atoms with E-state index in [0.717, 1.165) is 4.68 Å². The Labute approximate surface area is 248 Å². The van der Waals surface area contributed by atoms with Crippen molar-refractivity contribution in [3.8, 4) is 16.9 Å². The summed E-state index contributed by atoms with van der Waals surface area (Å²) in [4.78, 5) is 46.1. The monoisotopic (exact) mass is 760 g/mol. The first kappa shape index (κ1) is 36.6. The maximum absolute atomic E-state index is 12.8. The zero-order valence-corrected chi connectivity index (χ0v) is 24.8. The van der Waals surface area contributed by atoms with Crippen molar-refractivity contribution in [3.63, 3.8) is 0 Å². The summed E-state index contributed by atoms with van der Waals surface area (Å²) in [6.07, 6.45) is 4.37. The van der Waals surface area contributed by atoms with E-state index in [0.29, 0.717) is 28.4 Å². The van der Waals surface area contributed by atoms with Crippen molar-refractivity contribution in [1.29, 1.82) is 0 Å². The number of aliphatic hydroxyl groups is 1. The van der Waals surface area contributed by atoms with Gasteiger partial charge in [0, 0.05) is 44.7 Å². The maximum atomic E-state index is 12.8. The third-order valence-corrected chi connectivity index (χ3v) is 6.16. The number of carbonyl (C=O) groups excluding carboxylic acids is 1. The van der Waals surface area contributed by atoms with E-state index in [-0.39, 0.29) is 58.4 Å². The number of amides is 1. The second kappa shape index (κ2) is 15.4. The number of carboxylic acids is 2. The number of aliphatic hydroxyl groups excluding tert-OH is 1. The molecule has 1 amide bonds. The molecule has 0 aliphatic heterocycles. The van der Waals surface area contributed by atoms with Gasteiger partial charge < -0.3 is 32.9 Å². The molecule has 3 aromatic rings. The maximum Gasteiger partial charge on any atom is 0.321 e. The Bertz CT molecular complexity index is 1360. The van der Waals surface area contributed by atoms with E-state index in [9.17, 15) is 19.2 Å². The van der Waals surface area contributed by atoms with Crippen molar-refractivity contribution in [3.05, 3.63) is 63.7 Å². The quantitative estimate of drug-likeness (QED) is 0.190. The molecule has 0 radical (unpaired) electrons. The molecule has 1 unspecified atom stereocenters. The van der Waals surface area contributed by atoms with E-state index in [1.165, 1.54) is 16.9 Å². The Morgan fingerprint density at radius 1 is 1.12 bits per heavy atom. The first-order valence-electron chi connectivity index (χ1n) is 11.3. The van der Waals surface area contributed by atoms with Gasteiger partial charge in [-0.3, -0.25) is 23.9 Å². The molecule has 0 spiro atoms. The van der Waals surface area contributed by atoms with E-state index in [4.69, 9.17) is 26.9 Å². The predicted molar refractivity (Wildman–Crippen MR) is 143 cm³/mol. The molecule has 1 atom stereocenters. The van der Waals surface area contributed by atoms with Crippen molar-refractivity contribution in [1.82, 2.24) is 37.2 Å². The van der Waals surface area contributed by atoms with Gasteiger partial charge in [0.15, 0.2) is 5.41 Å². The Balaban J connectivity index is 0.000001000. The molecule has 1 aliphatic rings. The van der Waals surface area contributed by atoms with Gasteiger partial charge in [-0.2, -0.15) is 14.9 Å². The van der Waals surface area contributed by atoms with Crippen LogP contribution >= 0.6 is 11.6 Å². The number of carboxylic acid groups (broad SMARTS) is 2. The van der Waals surface area contributed by atoms with Crippen molar-refractivity contribution in [2.45, 2.75) is 32.2 Å². The van der Waals surface area contributed by atoms with Gasteiger partial charge in [-0.25, -0.2) is 0 Å². The van der Waals surface area contributed by atoms with Crippen LogP contribution in [0.5, 0.6) is 0 Å². The van der Waals surface area contributed by atoms with E-state index in [1.54, 1.807) is 44.4 Å². The number of hydrogen-bond acceptors (Lipinski definition) is 9. The van der Waals surface area contributed by atoms with Crippen molar-refractivity contribution >= 4 is 29.4 Å². The summed E-state index contributed by atoms with van der Waals surface area (Å²) >= 11 is 5.93. The standard InChI is InChI=1S/C18H18ClN5O3.C6H8O4.2H3N.Pt/c1-11(10-25)21-17(26)15-7-16(12-3-5-13(19)6-4-12)22-24(18(15)27)14-8-20-23(2)9-14;7-4(8)6(5(9)10)2-1-3-6;;;/h3-9,11,25H,10H2,1-2H3,(H,21,26);1-3H2,(H,7,8)(H,9,10);2*1H3;. The van der Waals surface area contributed by atoms with Crippen molar-refractivity contribution in [2.24, 2.45) is 12.5 Å². The summed E-state index contributed by atoms with van der Waals surface area (Å²) in [6, 6.07) is 7.84. The molecule has 40 heavy (non-hydrogen) atoms. The smallest absolute Gasteiger partial charge is 0.321 e. The summed E-state index contributed by atoms with van der Waals surface area (Å²) in [6.45, 7) is 1.40. The van der Waals surface area contributed by atoms with Gasteiger partial charge in [0.25, 0.3) is 11.5 Å². The molecule has 1 aromatic carbocycles. The Morgan fingerprint density at radius 2 is 1.70 bits per heavy atom. The fourth-order valence-corrected chi connectivity index (χ4v) is 3.63. The molecule has 2 aromatic heterocycles. The largest absolute Gasteiger partial charge is 0.480 e. The summed E-state index contributed by atoms with van der Waals surface area (Å²) in [7, 11) is 1.72. The normalized spacial score (nSPS) is 13.4. The summed E-state index contributed by atoms with van der Waals surface area (Å²) < 4.78 is 2.67. The Morgan fingerprint density at radius 3 is 2.10 bits per heavy atom. The van der Waals surface area contributed by atoms with Gasteiger partial charge >= 0.3 is 11.9 Å². The number of rotatable bonds is 7. The van der Waals surface area contributed by atoms with Gasteiger partial charge in [-0.05, 0) is 44.4 Å². The Hall–Kier alpha value is -3.42. The zero-order chi connectivity index (χ0) is 27.3. The number of aromatic nitrogens is 4. The third-order valence-electron chi connectivity index (χ3n) is 5.91. The number of nitrogens with one attached hydrogen (secondary N) is 1. The molecule has 4 rings (SSSR count). The predicted octanol–water partition coefficient (Wildman–Crippen LogP) is 2.04. The molecule has 1 aliphatic carbocycles. The minimum absolute atomic E-state index is 0. The fourth-order valence-electron chi connectivity index (χ4n) is 3.51. The number of benzene rings is 1. The topological polar surface area (TPSA) is 247 Å². The number of nitrogens with zero attached hydrogens (tertiary/aromatic N) is 4. The molecule has 1 saturated carbocycles. The fraction of sp³-hybridized carbons (Fsp3) is 0.333. The van der Waals surface area contributed by atoms with Crippen LogP contribution in [0, 0.1) is 5.41 Å². The molecule has 222 valence electrons. The minimum atomic E-state index is -1.44. The number of carbonyl (C=O) groups is 3. The number of hydrogen-bond donors (Lipinski definition) is 6. The van der Waals surface area contributed by atoms with Crippen molar-refractivity contribution in [2.75, 3.05) is 6.61 Å². The molecular formula is C24H32ClN7O7Pt. The van der Waals surface area contributed by atoms with Crippen LogP contribution in [0.4, 0.5) is 0 Å². The van der Waals surface area contributed by atoms with Crippen LogP contribution in [0.2, 0.25) is 5.02 Å². The van der Waals surface area contributed by atoms with Gasteiger partial charge in [-0.1, -0.05) is 23.7 Å². The second-order valence-corrected chi connectivity index (χ2v) is 9.08. The van der Waals surface area contributed by atoms with E-state index >= 15 is 0 Å². The summed E-state index contributed by atoms with van der Waals surface area (Å²) in [5, 5.41) is 37.7. The van der Waals surface area contributed by atoms with Crippen LogP contribution in [-0.4, -0.2) is 65.4 Å². The van der Waals surface area contributed by atoms with Crippen LogP contribution in [0.3, 0.4) is 0 Å². The average Bonchev–Trinajstić information content (AvgIpc) is 3.24. The number of aryl methyl sites for hydroxylation is 1. The van der Waals surface area contributed by atoms with Gasteiger partial charge in [0.2, 0.25) is 0 Å². The SMILES string of the molecule is CC(CO)NC(=O)c1cc(-c2ccc(Cl)cc2)nn(-c2cnn(C)c2)c1=O.N.N.O=C(O)C1(C(=O)O)CCC1.[Pt]. The van der Waals surface area contributed by atoms with Crippen LogP contribution in [0.15, 0.2) is 47.5 Å². The first-order valence-corrected chi connectivity index (χ1v) is 11.6.